The van der Waals surface area contributed by atoms with Gasteiger partial charge in [-0.15, -0.1) is 0 Å². The molecule has 1 spiro atoms. The average molecular weight is 431 g/mol. The van der Waals surface area contributed by atoms with Gasteiger partial charge in [-0.2, -0.15) is 10.1 Å². The van der Waals surface area contributed by atoms with Crippen molar-refractivity contribution in [3.63, 3.8) is 0 Å². The number of aromatic nitrogens is 5. The first-order valence-electron chi connectivity index (χ1n) is 11.6. The van der Waals surface area contributed by atoms with Crippen LogP contribution in [0, 0.1) is 5.41 Å². The Morgan fingerprint density at radius 3 is 2.47 bits per heavy atom. The van der Waals surface area contributed by atoms with E-state index in [1.807, 2.05) is 6.33 Å². The molecule has 7 heteroatoms. The van der Waals surface area contributed by atoms with E-state index in [0.717, 1.165) is 35.7 Å². The average Bonchev–Trinajstić information content (AvgIpc) is 3.22. The van der Waals surface area contributed by atoms with Crippen LogP contribution >= 0.6 is 0 Å². The minimum Gasteiger partial charge on any atom is -0.370 e. The molecule has 0 bridgehead atoms. The summed E-state index contributed by atoms with van der Waals surface area (Å²) < 4.78 is 7.54. The fourth-order valence-electron chi connectivity index (χ4n) is 4.97. The van der Waals surface area contributed by atoms with Gasteiger partial charge in [0.05, 0.1) is 6.04 Å². The first-order chi connectivity index (χ1) is 15.3. The third-order valence-electron chi connectivity index (χ3n) is 7.16. The quantitative estimate of drug-likeness (QED) is 0.578. The molecule has 7 nitrogen and oxygen atoms in total. The number of rotatable bonds is 5. The maximum Gasteiger partial charge on any atom is 0.232 e. The zero-order valence-electron chi connectivity index (χ0n) is 19.1. The highest BCUT2D eigenvalue weighted by molar-refractivity contribution is 5.66. The van der Waals surface area contributed by atoms with Crippen LogP contribution < -0.4 is 0 Å². The molecule has 2 aliphatic carbocycles. The van der Waals surface area contributed by atoms with Crippen LogP contribution in [0.1, 0.15) is 75.7 Å². The van der Waals surface area contributed by atoms with E-state index in [1.165, 1.54) is 25.7 Å². The Kier molecular flexibility index (Phi) is 4.17. The second-order valence-electron chi connectivity index (χ2n) is 11.0. The zero-order valence-corrected chi connectivity index (χ0v) is 19.1. The summed E-state index contributed by atoms with van der Waals surface area (Å²) in [6.07, 6.45) is 6.83. The molecule has 2 aromatic heterocycles. The van der Waals surface area contributed by atoms with Crippen molar-refractivity contribution in [2.45, 2.75) is 63.8 Å². The van der Waals surface area contributed by atoms with E-state index in [4.69, 9.17) is 9.62 Å². The summed E-state index contributed by atoms with van der Waals surface area (Å²) in [5.41, 5.74) is 3.46. The second kappa shape index (κ2) is 6.77. The fourth-order valence-corrected chi connectivity index (χ4v) is 4.97. The lowest BCUT2D eigenvalue weighted by atomic mass is 9.60. The summed E-state index contributed by atoms with van der Waals surface area (Å²) in [7, 11) is 0. The fraction of sp³-hybridized carbons (Fsp3) is 0.520. The minimum absolute atomic E-state index is 0.152. The van der Waals surface area contributed by atoms with Gasteiger partial charge in [0.1, 0.15) is 6.33 Å². The molecular formula is C25H30N6O. The highest BCUT2D eigenvalue weighted by atomic mass is 16.5. The van der Waals surface area contributed by atoms with Crippen molar-refractivity contribution in [2.24, 2.45) is 5.41 Å². The third-order valence-corrected chi connectivity index (χ3v) is 7.16. The van der Waals surface area contributed by atoms with Crippen LogP contribution in [-0.2, 0) is 5.41 Å². The minimum atomic E-state index is -0.152. The highest BCUT2D eigenvalue weighted by Gasteiger charge is 2.53. The van der Waals surface area contributed by atoms with Crippen molar-refractivity contribution in [3.8, 4) is 11.4 Å². The Hall–Kier alpha value is -2.96. The SMILES string of the molecule is C=C(c1ccc(-c2noc(C(C)(C)C)n2)cc1)N1CC2(CC(n3cnc(C4CC4)n3)C2)C1. The molecule has 1 saturated heterocycles. The monoisotopic (exact) mass is 430 g/mol. The van der Waals surface area contributed by atoms with Crippen molar-refractivity contribution < 1.29 is 4.52 Å². The Balaban J connectivity index is 1.05. The number of hydrogen-bond donors (Lipinski definition) is 0. The predicted molar refractivity (Wildman–Crippen MR) is 122 cm³/mol. The van der Waals surface area contributed by atoms with Gasteiger partial charge >= 0.3 is 0 Å². The molecule has 0 N–H and O–H groups in total. The summed E-state index contributed by atoms with van der Waals surface area (Å²) in [5, 5.41) is 8.87. The highest BCUT2D eigenvalue weighted by Crippen LogP contribution is 2.55. The molecule has 3 fully saturated rings. The predicted octanol–water partition coefficient (Wildman–Crippen LogP) is 4.81. The summed E-state index contributed by atoms with van der Waals surface area (Å²) in [6, 6.07) is 8.82. The Morgan fingerprint density at radius 2 is 1.84 bits per heavy atom. The second-order valence-corrected chi connectivity index (χ2v) is 11.0. The standard InChI is InChI=1S/C25H30N6O/c1-16(17-5-7-19(8-6-17)22-27-23(32-29-22)24(2,3)4)30-13-25(14-30)11-20(12-25)31-15-26-21(28-31)18-9-10-18/h5-8,15,18,20H,1,9-14H2,2-4H3. The van der Waals surface area contributed by atoms with Crippen LogP contribution in [0.15, 0.2) is 41.7 Å². The van der Waals surface area contributed by atoms with Gasteiger partial charge in [0.15, 0.2) is 5.82 Å². The lowest BCUT2D eigenvalue weighted by Crippen LogP contribution is -2.61. The van der Waals surface area contributed by atoms with E-state index in [-0.39, 0.29) is 5.41 Å². The van der Waals surface area contributed by atoms with E-state index >= 15 is 0 Å². The molecule has 1 aliphatic heterocycles. The Labute approximate surface area is 188 Å². The molecule has 0 amide bonds. The lowest BCUT2D eigenvalue weighted by molar-refractivity contribution is -0.0623. The first kappa shape index (κ1) is 19.7. The van der Waals surface area contributed by atoms with Gasteiger partial charge in [-0.1, -0.05) is 56.8 Å². The molecule has 3 aliphatic rings. The van der Waals surface area contributed by atoms with Gasteiger partial charge in [0, 0.05) is 41.1 Å². The summed E-state index contributed by atoms with van der Waals surface area (Å²) >= 11 is 0. The molecule has 1 aromatic carbocycles. The van der Waals surface area contributed by atoms with Crippen LogP contribution in [0.25, 0.3) is 17.1 Å². The van der Waals surface area contributed by atoms with Crippen molar-refractivity contribution in [3.05, 3.63) is 54.5 Å². The topological polar surface area (TPSA) is 72.9 Å². The molecule has 0 unspecified atom stereocenters. The zero-order chi connectivity index (χ0) is 22.1. The van der Waals surface area contributed by atoms with Gasteiger partial charge < -0.3 is 9.42 Å². The largest absolute Gasteiger partial charge is 0.370 e. The number of benzene rings is 1. The van der Waals surface area contributed by atoms with Gasteiger partial charge in [-0.3, -0.25) is 0 Å². The van der Waals surface area contributed by atoms with Gasteiger partial charge in [0.2, 0.25) is 11.7 Å². The number of likely N-dealkylation sites (tertiary alicyclic amines) is 1. The van der Waals surface area contributed by atoms with Gasteiger partial charge in [-0.25, -0.2) is 9.67 Å². The smallest absolute Gasteiger partial charge is 0.232 e. The van der Waals surface area contributed by atoms with E-state index in [1.54, 1.807) is 0 Å². The maximum absolute atomic E-state index is 5.43. The third kappa shape index (κ3) is 3.34. The van der Waals surface area contributed by atoms with Gasteiger partial charge in [-0.05, 0) is 31.2 Å². The Morgan fingerprint density at radius 1 is 1.12 bits per heavy atom. The molecule has 3 aromatic rings. The van der Waals surface area contributed by atoms with E-state index in [9.17, 15) is 0 Å². The van der Waals surface area contributed by atoms with E-state index in [0.29, 0.717) is 29.1 Å². The van der Waals surface area contributed by atoms with Crippen LogP contribution in [-0.4, -0.2) is 42.9 Å². The van der Waals surface area contributed by atoms with E-state index in [2.05, 4.69) is 76.3 Å². The molecule has 0 atom stereocenters. The molecule has 0 radical (unpaired) electrons. The summed E-state index contributed by atoms with van der Waals surface area (Å²) in [6.45, 7) is 12.7. The van der Waals surface area contributed by atoms with E-state index < -0.39 is 0 Å². The molecule has 6 rings (SSSR count). The maximum atomic E-state index is 5.43. The van der Waals surface area contributed by atoms with Crippen molar-refractivity contribution >= 4 is 5.70 Å². The first-order valence-corrected chi connectivity index (χ1v) is 11.6. The van der Waals surface area contributed by atoms with Gasteiger partial charge in [0.25, 0.3) is 0 Å². The van der Waals surface area contributed by atoms with Crippen LogP contribution in [0.2, 0.25) is 0 Å². The van der Waals surface area contributed by atoms with Crippen molar-refractivity contribution in [2.75, 3.05) is 13.1 Å². The van der Waals surface area contributed by atoms with Crippen LogP contribution in [0.4, 0.5) is 0 Å². The van der Waals surface area contributed by atoms with Crippen LogP contribution in [0.5, 0.6) is 0 Å². The van der Waals surface area contributed by atoms with Crippen LogP contribution in [0.3, 0.4) is 0 Å². The molecule has 32 heavy (non-hydrogen) atoms. The lowest BCUT2D eigenvalue weighted by Gasteiger charge is -2.60. The molecular weight excluding hydrogens is 400 g/mol. The normalized spacial score (nSPS) is 20.3. The van der Waals surface area contributed by atoms with Crippen molar-refractivity contribution in [1.29, 1.82) is 0 Å². The molecule has 3 heterocycles. The number of nitrogens with zero attached hydrogens (tertiary/aromatic N) is 6. The summed E-state index contributed by atoms with van der Waals surface area (Å²) in [4.78, 5) is 11.5. The molecule has 166 valence electrons. The number of hydrogen-bond acceptors (Lipinski definition) is 6. The molecule has 2 saturated carbocycles. The Bertz CT molecular complexity index is 1150. The summed E-state index contributed by atoms with van der Waals surface area (Å²) in [5.74, 6) is 2.96. The van der Waals surface area contributed by atoms with Crippen molar-refractivity contribution in [1.82, 2.24) is 29.8 Å².